The zero-order chi connectivity index (χ0) is 17.3. The van der Waals surface area contributed by atoms with Gasteiger partial charge in [-0.3, -0.25) is 14.4 Å². The lowest BCUT2D eigenvalue weighted by Gasteiger charge is -2.60. The number of esters is 1. The number of ether oxygens (including phenoxy) is 1. The van der Waals surface area contributed by atoms with Gasteiger partial charge in [0.05, 0.1) is 0 Å². The van der Waals surface area contributed by atoms with E-state index in [2.05, 4.69) is 0 Å². The third-order valence-corrected chi connectivity index (χ3v) is 7.15. The third kappa shape index (κ3) is 1.81. The Morgan fingerprint density at radius 1 is 1.08 bits per heavy atom. The summed E-state index contributed by atoms with van der Waals surface area (Å²) >= 11 is 0. The Labute approximate surface area is 140 Å². The molecule has 2 saturated carbocycles. The second-order valence-electron chi connectivity index (χ2n) is 8.36. The Balaban J connectivity index is 1.81. The molecule has 24 heavy (non-hydrogen) atoms. The first-order chi connectivity index (χ1) is 11.2. The quantitative estimate of drug-likeness (QED) is 0.639. The zero-order valence-corrected chi connectivity index (χ0v) is 14.2. The fraction of sp³-hybridized carbons (Fsp3) is 0.737. The van der Waals surface area contributed by atoms with Crippen LogP contribution < -0.4 is 0 Å². The molecule has 1 saturated heterocycles. The molecule has 3 fully saturated rings. The lowest BCUT2D eigenvalue weighted by Crippen LogP contribution is -2.68. The van der Waals surface area contributed by atoms with Crippen molar-refractivity contribution in [3.8, 4) is 0 Å². The summed E-state index contributed by atoms with van der Waals surface area (Å²) in [5.41, 5.74) is -2.94. The van der Waals surface area contributed by atoms with Crippen molar-refractivity contribution in [3.63, 3.8) is 0 Å². The second kappa shape index (κ2) is 4.77. The number of fused-ring (bicyclic) bond motifs is 5. The number of carbonyl (C=O) groups is 3. The van der Waals surface area contributed by atoms with E-state index in [1.165, 1.54) is 0 Å². The van der Waals surface area contributed by atoms with Gasteiger partial charge in [0.2, 0.25) is 0 Å². The summed E-state index contributed by atoms with van der Waals surface area (Å²) in [5, 5.41) is 0. The molecule has 1 heterocycles. The van der Waals surface area contributed by atoms with Crippen molar-refractivity contribution in [1.29, 1.82) is 0 Å². The van der Waals surface area contributed by atoms with Crippen LogP contribution in [0, 0.1) is 17.3 Å². The number of carbonyl (C=O) groups excluding carboxylic acids is 3. The first kappa shape index (κ1) is 16.0. The van der Waals surface area contributed by atoms with Crippen molar-refractivity contribution >= 4 is 17.5 Å². The van der Waals surface area contributed by atoms with Crippen molar-refractivity contribution in [2.24, 2.45) is 17.3 Å². The Morgan fingerprint density at radius 3 is 2.54 bits per heavy atom. The van der Waals surface area contributed by atoms with Crippen LogP contribution in [0.5, 0.6) is 0 Å². The summed E-state index contributed by atoms with van der Waals surface area (Å²) in [5.74, 6) is -1.28. The topological polar surface area (TPSA) is 60.4 Å². The molecule has 4 aliphatic rings. The molecular weight excluding hydrogens is 311 g/mol. The molecule has 3 aliphatic carbocycles. The molecular formula is C19H23FO4. The van der Waals surface area contributed by atoms with Gasteiger partial charge in [-0.1, -0.05) is 12.5 Å². The molecule has 0 spiro atoms. The molecule has 4 rings (SSSR count). The van der Waals surface area contributed by atoms with E-state index < -0.39 is 28.4 Å². The minimum Gasteiger partial charge on any atom is -0.459 e. The number of alkyl halides is 1. The molecule has 130 valence electrons. The van der Waals surface area contributed by atoms with Crippen LogP contribution in [0.1, 0.15) is 58.8 Å². The molecule has 0 N–H and O–H groups in total. The highest BCUT2D eigenvalue weighted by Gasteiger charge is 2.70. The van der Waals surface area contributed by atoms with Gasteiger partial charge in [-0.25, -0.2) is 4.39 Å². The monoisotopic (exact) mass is 334 g/mol. The van der Waals surface area contributed by atoms with E-state index in [9.17, 15) is 14.4 Å². The largest absolute Gasteiger partial charge is 0.459 e. The first-order valence-corrected chi connectivity index (χ1v) is 8.89. The molecule has 5 heteroatoms. The maximum absolute atomic E-state index is 16.5. The van der Waals surface area contributed by atoms with Crippen LogP contribution in [0.15, 0.2) is 11.6 Å². The average Bonchev–Trinajstić information content (AvgIpc) is 2.49. The van der Waals surface area contributed by atoms with Gasteiger partial charge in [-0.2, -0.15) is 0 Å². The van der Waals surface area contributed by atoms with Crippen molar-refractivity contribution in [2.45, 2.75) is 70.1 Å². The van der Waals surface area contributed by atoms with Gasteiger partial charge in [0.25, 0.3) is 0 Å². The standard InChI is InChI=1S/C19H23FO4/c1-17-8-7-12(21)9-11(17)3-4-14-13-5-6-16(23)24-18(13,2)10-15(22)19(14,17)20/h9,13-14H,3-8,10H2,1-2H3. The Morgan fingerprint density at radius 2 is 1.79 bits per heavy atom. The molecule has 5 unspecified atom stereocenters. The smallest absolute Gasteiger partial charge is 0.306 e. The predicted octanol–water partition coefficient (Wildman–Crippen LogP) is 3.09. The van der Waals surface area contributed by atoms with Gasteiger partial charge >= 0.3 is 5.97 Å². The predicted molar refractivity (Wildman–Crippen MR) is 83.8 cm³/mol. The summed E-state index contributed by atoms with van der Waals surface area (Å²) in [4.78, 5) is 36.5. The first-order valence-electron chi connectivity index (χ1n) is 8.89. The van der Waals surface area contributed by atoms with Gasteiger partial charge in [0, 0.05) is 36.5 Å². The number of hydrogen-bond acceptors (Lipinski definition) is 4. The van der Waals surface area contributed by atoms with E-state index in [0.717, 1.165) is 5.57 Å². The van der Waals surface area contributed by atoms with Crippen LogP contribution in [-0.2, 0) is 19.1 Å². The second-order valence-corrected chi connectivity index (χ2v) is 8.36. The van der Waals surface area contributed by atoms with Crippen LogP contribution in [0.25, 0.3) is 0 Å². The van der Waals surface area contributed by atoms with Gasteiger partial charge in [0.15, 0.2) is 17.2 Å². The summed E-state index contributed by atoms with van der Waals surface area (Å²) in [7, 11) is 0. The van der Waals surface area contributed by atoms with Gasteiger partial charge in [0.1, 0.15) is 5.60 Å². The zero-order valence-electron chi connectivity index (χ0n) is 14.2. The number of Topliss-reactive ketones (excluding diaryl/α,β-unsaturated/α-hetero) is 1. The number of halogens is 1. The third-order valence-electron chi connectivity index (χ3n) is 7.15. The molecule has 4 nitrogen and oxygen atoms in total. The van der Waals surface area contributed by atoms with E-state index in [1.807, 2.05) is 6.92 Å². The number of allylic oxidation sites excluding steroid dienone is 2. The number of ketones is 2. The van der Waals surface area contributed by atoms with Crippen molar-refractivity contribution in [1.82, 2.24) is 0 Å². The van der Waals surface area contributed by atoms with Gasteiger partial charge in [-0.15, -0.1) is 0 Å². The van der Waals surface area contributed by atoms with E-state index >= 15 is 4.39 Å². The number of rotatable bonds is 0. The molecule has 1 aliphatic heterocycles. The Kier molecular flexibility index (Phi) is 3.17. The lowest BCUT2D eigenvalue weighted by atomic mass is 9.46. The molecule has 0 aromatic rings. The fourth-order valence-electron chi connectivity index (χ4n) is 5.84. The highest BCUT2D eigenvalue weighted by molar-refractivity contribution is 5.95. The maximum Gasteiger partial charge on any atom is 0.306 e. The maximum atomic E-state index is 16.5. The van der Waals surface area contributed by atoms with Crippen molar-refractivity contribution < 1.29 is 23.5 Å². The minimum absolute atomic E-state index is 0.0317. The normalized spacial score (nSPS) is 48.0. The van der Waals surface area contributed by atoms with Crippen LogP contribution in [0.2, 0.25) is 0 Å². The lowest BCUT2D eigenvalue weighted by molar-refractivity contribution is -0.210. The van der Waals surface area contributed by atoms with E-state index in [-0.39, 0.29) is 24.1 Å². The molecule has 5 atom stereocenters. The molecule has 0 amide bonds. The van der Waals surface area contributed by atoms with E-state index in [0.29, 0.717) is 38.5 Å². The van der Waals surface area contributed by atoms with Crippen LogP contribution in [0.4, 0.5) is 4.39 Å². The Bertz CT molecular complexity index is 683. The highest BCUT2D eigenvalue weighted by Crippen LogP contribution is 2.64. The Hall–Kier alpha value is -1.52. The van der Waals surface area contributed by atoms with E-state index in [4.69, 9.17) is 4.74 Å². The van der Waals surface area contributed by atoms with Crippen LogP contribution >= 0.6 is 0 Å². The van der Waals surface area contributed by atoms with Crippen molar-refractivity contribution in [2.75, 3.05) is 0 Å². The summed E-state index contributed by atoms with van der Waals surface area (Å²) < 4.78 is 22.0. The summed E-state index contributed by atoms with van der Waals surface area (Å²) in [6.07, 6.45) is 4.24. The van der Waals surface area contributed by atoms with Crippen LogP contribution in [-0.4, -0.2) is 28.8 Å². The van der Waals surface area contributed by atoms with Gasteiger partial charge < -0.3 is 4.74 Å². The minimum atomic E-state index is -1.95. The fourth-order valence-corrected chi connectivity index (χ4v) is 5.84. The SMILES string of the molecule is CC12CC(=O)C3(F)C(CCC4=CC(=O)CCC43C)C1CCC(=O)O2. The highest BCUT2D eigenvalue weighted by atomic mass is 19.1. The molecule has 0 radical (unpaired) electrons. The number of hydrogen-bond donors (Lipinski definition) is 0. The molecule has 0 aromatic carbocycles. The summed E-state index contributed by atoms with van der Waals surface area (Å²) in [6.45, 7) is 3.59. The van der Waals surface area contributed by atoms with Crippen LogP contribution in [0.3, 0.4) is 0 Å². The molecule has 0 bridgehead atoms. The summed E-state index contributed by atoms with van der Waals surface area (Å²) in [6, 6.07) is 0. The molecule has 0 aromatic heterocycles. The average molecular weight is 334 g/mol. The van der Waals surface area contributed by atoms with Gasteiger partial charge in [-0.05, 0) is 38.7 Å². The van der Waals surface area contributed by atoms with E-state index in [1.54, 1.807) is 13.0 Å². The van der Waals surface area contributed by atoms with Crippen molar-refractivity contribution in [3.05, 3.63) is 11.6 Å².